The van der Waals surface area contributed by atoms with Crippen LogP contribution in [0.3, 0.4) is 0 Å². The maximum Gasteiger partial charge on any atom is 0.306 e. The number of hydrogen-bond donors (Lipinski definition) is 0. The van der Waals surface area contributed by atoms with Crippen LogP contribution < -0.4 is 4.74 Å². The van der Waals surface area contributed by atoms with Gasteiger partial charge in [-0.15, -0.1) is 0 Å². The van der Waals surface area contributed by atoms with Crippen LogP contribution in [-0.4, -0.2) is 31.2 Å². The Bertz CT molecular complexity index is 353. The molecule has 1 aromatic rings. The third kappa shape index (κ3) is 5.06. The predicted octanol–water partition coefficient (Wildman–Crippen LogP) is 2.21. The number of benzene rings is 1. The lowest BCUT2D eigenvalue weighted by molar-refractivity contribution is -0.140. The van der Waals surface area contributed by atoms with Crippen molar-refractivity contribution in [1.29, 1.82) is 0 Å². The summed E-state index contributed by atoms with van der Waals surface area (Å²) in [7, 11) is 2.99. The molecular weight excluding hydrogens is 242 g/mol. The van der Waals surface area contributed by atoms with Gasteiger partial charge in [0.25, 0.3) is 0 Å². The van der Waals surface area contributed by atoms with E-state index in [0.29, 0.717) is 13.1 Å². The molecule has 0 saturated carbocycles. The highest BCUT2D eigenvalue weighted by Crippen LogP contribution is 2.14. The van der Waals surface area contributed by atoms with Crippen molar-refractivity contribution in [2.45, 2.75) is 13.0 Å². The fourth-order valence-electron chi connectivity index (χ4n) is 1.32. The van der Waals surface area contributed by atoms with Crippen LogP contribution in [0.2, 0.25) is 0 Å². The molecule has 94 valence electrons. The summed E-state index contributed by atoms with van der Waals surface area (Å²) in [4.78, 5) is 10.9. The lowest BCUT2D eigenvalue weighted by Gasteiger charge is -2.13. The highest BCUT2D eigenvalue weighted by Gasteiger charge is 2.06. The van der Waals surface area contributed by atoms with E-state index in [1.807, 2.05) is 24.3 Å². The number of carbonyl (C=O) groups is 1. The summed E-state index contributed by atoms with van der Waals surface area (Å²) in [5.74, 6) is 0.551. The van der Waals surface area contributed by atoms with Gasteiger partial charge >= 0.3 is 5.97 Å². The molecule has 4 nitrogen and oxygen atoms in total. The molecule has 0 radical (unpaired) electrons. The lowest BCUT2D eigenvalue weighted by atomic mass is 10.2. The molecule has 0 aromatic heterocycles. The first-order valence-corrected chi connectivity index (χ1v) is 5.60. The van der Waals surface area contributed by atoms with Crippen molar-refractivity contribution in [3.63, 3.8) is 0 Å². The van der Waals surface area contributed by atoms with Gasteiger partial charge in [0.05, 0.1) is 20.6 Å². The first-order valence-electron chi connectivity index (χ1n) is 5.26. The maximum absolute atomic E-state index is 10.9. The molecule has 0 atom stereocenters. The summed E-state index contributed by atoms with van der Waals surface area (Å²) in [5.41, 5.74) is 1.06. The molecule has 0 saturated heterocycles. The molecule has 17 heavy (non-hydrogen) atoms. The smallest absolute Gasteiger partial charge is 0.306 e. The fraction of sp³-hybridized carbons (Fsp3) is 0.417. The van der Waals surface area contributed by atoms with Crippen molar-refractivity contribution >= 4 is 17.7 Å². The van der Waals surface area contributed by atoms with Gasteiger partial charge in [-0.05, 0) is 29.5 Å². The molecule has 0 N–H and O–H groups in total. The molecule has 0 aliphatic rings. The fourth-order valence-corrected chi connectivity index (χ4v) is 1.55. The van der Waals surface area contributed by atoms with E-state index in [1.54, 1.807) is 11.5 Å². The second-order valence-corrected chi connectivity index (χ2v) is 4.00. The number of hydrogen-bond acceptors (Lipinski definition) is 4. The summed E-state index contributed by atoms with van der Waals surface area (Å²) >= 11 is 5.98. The third-order valence-electron chi connectivity index (χ3n) is 2.30. The average molecular weight is 258 g/mol. The van der Waals surface area contributed by atoms with Crippen LogP contribution in [0, 0.1) is 0 Å². The van der Waals surface area contributed by atoms with E-state index in [1.165, 1.54) is 7.11 Å². The molecule has 0 unspecified atom stereocenters. The first kappa shape index (κ1) is 13.8. The number of rotatable bonds is 6. The second kappa shape index (κ2) is 7.14. The molecule has 0 heterocycles. The van der Waals surface area contributed by atoms with E-state index in [2.05, 4.69) is 4.74 Å². The quantitative estimate of drug-likeness (QED) is 0.579. The molecule has 1 aromatic carbocycles. The standard InChI is InChI=1S/C12H16ClNO3/c1-16-11-5-3-10(4-6-11)9-14(13)8-7-12(15)17-2/h3-6H,7-9H2,1-2H3. The van der Waals surface area contributed by atoms with Crippen LogP contribution in [0.25, 0.3) is 0 Å². The molecule has 0 amide bonds. The van der Waals surface area contributed by atoms with Gasteiger partial charge in [0.15, 0.2) is 0 Å². The molecule has 1 rings (SSSR count). The van der Waals surface area contributed by atoms with Crippen molar-refractivity contribution < 1.29 is 14.3 Å². The summed E-state index contributed by atoms with van der Waals surface area (Å²) in [6, 6.07) is 7.62. The minimum atomic E-state index is -0.259. The van der Waals surface area contributed by atoms with Gasteiger partial charge in [0.2, 0.25) is 0 Å². The molecule has 0 aliphatic heterocycles. The van der Waals surface area contributed by atoms with Crippen LogP contribution in [0.4, 0.5) is 0 Å². The molecular formula is C12H16ClNO3. The lowest BCUT2D eigenvalue weighted by Crippen LogP contribution is -2.17. The van der Waals surface area contributed by atoms with Gasteiger partial charge in [-0.2, -0.15) is 0 Å². The monoisotopic (exact) mass is 257 g/mol. The molecule has 0 aliphatic carbocycles. The van der Waals surface area contributed by atoms with Crippen LogP contribution in [0.1, 0.15) is 12.0 Å². The predicted molar refractivity (Wildman–Crippen MR) is 65.9 cm³/mol. The zero-order chi connectivity index (χ0) is 12.7. The molecule has 0 spiro atoms. The third-order valence-corrected chi connectivity index (χ3v) is 2.59. The summed E-state index contributed by atoms with van der Waals surface area (Å²) in [6.07, 6.45) is 0.288. The van der Waals surface area contributed by atoms with Crippen LogP contribution >= 0.6 is 11.8 Å². The Morgan fingerprint density at radius 1 is 1.29 bits per heavy atom. The van der Waals surface area contributed by atoms with E-state index in [-0.39, 0.29) is 12.4 Å². The van der Waals surface area contributed by atoms with Gasteiger partial charge in [-0.1, -0.05) is 12.1 Å². The van der Waals surface area contributed by atoms with Crippen molar-refractivity contribution in [3.8, 4) is 5.75 Å². The zero-order valence-corrected chi connectivity index (χ0v) is 10.7. The van der Waals surface area contributed by atoms with E-state index in [9.17, 15) is 4.79 Å². The van der Waals surface area contributed by atoms with Crippen molar-refractivity contribution in [2.24, 2.45) is 0 Å². The number of esters is 1. The highest BCUT2D eigenvalue weighted by molar-refractivity contribution is 6.13. The highest BCUT2D eigenvalue weighted by atomic mass is 35.5. The first-order chi connectivity index (χ1) is 8.15. The van der Waals surface area contributed by atoms with Gasteiger partial charge in [0, 0.05) is 13.1 Å². The van der Waals surface area contributed by atoms with E-state index in [4.69, 9.17) is 16.5 Å². The zero-order valence-electron chi connectivity index (χ0n) is 9.98. The maximum atomic E-state index is 10.9. The van der Waals surface area contributed by atoms with Crippen LogP contribution in [0.15, 0.2) is 24.3 Å². The van der Waals surface area contributed by atoms with Crippen molar-refractivity contribution in [3.05, 3.63) is 29.8 Å². The Balaban J connectivity index is 2.39. The minimum Gasteiger partial charge on any atom is -0.497 e. The summed E-state index contributed by atoms with van der Waals surface area (Å²) < 4.78 is 11.2. The van der Waals surface area contributed by atoms with Gasteiger partial charge in [0.1, 0.15) is 5.75 Å². The van der Waals surface area contributed by atoms with E-state index in [0.717, 1.165) is 11.3 Å². The van der Waals surface area contributed by atoms with E-state index >= 15 is 0 Å². The molecule has 0 bridgehead atoms. The molecule has 0 fully saturated rings. The summed E-state index contributed by atoms with van der Waals surface area (Å²) in [6.45, 7) is 1.03. The van der Waals surface area contributed by atoms with Crippen molar-refractivity contribution in [2.75, 3.05) is 20.8 Å². The second-order valence-electron chi connectivity index (χ2n) is 3.52. The number of ether oxygens (including phenoxy) is 2. The van der Waals surface area contributed by atoms with Gasteiger partial charge in [-0.25, -0.2) is 4.42 Å². The summed E-state index contributed by atoms with van der Waals surface area (Å²) in [5, 5.41) is 0. The Morgan fingerprint density at radius 2 is 1.94 bits per heavy atom. The molecule has 5 heteroatoms. The van der Waals surface area contributed by atoms with Crippen LogP contribution in [-0.2, 0) is 16.1 Å². The van der Waals surface area contributed by atoms with Gasteiger partial charge in [-0.3, -0.25) is 4.79 Å². The SMILES string of the molecule is COC(=O)CCN(Cl)Cc1ccc(OC)cc1. The average Bonchev–Trinajstić information content (AvgIpc) is 2.36. The van der Waals surface area contributed by atoms with Crippen LogP contribution in [0.5, 0.6) is 5.75 Å². The normalized spacial score (nSPS) is 10.4. The Labute approximate surface area is 106 Å². The Kier molecular flexibility index (Phi) is 5.80. The largest absolute Gasteiger partial charge is 0.497 e. The Hall–Kier alpha value is -1.26. The number of halogens is 1. The number of methoxy groups -OCH3 is 2. The Morgan fingerprint density at radius 3 is 2.47 bits per heavy atom. The number of nitrogens with zero attached hydrogens (tertiary/aromatic N) is 1. The van der Waals surface area contributed by atoms with Gasteiger partial charge < -0.3 is 9.47 Å². The topological polar surface area (TPSA) is 38.8 Å². The van der Waals surface area contributed by atoms with E-state index < -0.39 is 0 Å². The minimum absolute atomic E-state index is 0.259. The van der Waals surface area contributed by atoms with Crippen molar-refractivity contribution in [1.82, 2.24) is 4.42 Å². The number of carbonyl (C=O) groups excluding carboxylic acids is 1.